The van der Waals surface area contributed by atoms with E-state index < -0.39 is 28.8 Å². The van der Waals surface area contributed by atoms with E-state index in [2.05, 4.69) is 5.32 Å². The molecule has 2 rings (SSSR count). The van der Waals surface area contributed by atoms with Crippen molar-refractivity contribution in [3.05, 3.63) is 69.3 Å². The van der Waals surface area contributed by atoms with Gasteiger partial charge >= 0.3 is 5.97 Å². The second-order valence-electron chi connectivity index (χ2n) is 5.74. The fraction of sp³-hybridized carbons (Fsp3) is 0.167. The lowest BCUT2D eigenvalue weighted by molar-refractivity contribution is -0.385. The Balaban J connectivity index is 2.01. The standard InChI is InChI=1S/C18H17N3O6/c1-10-9-13(5-8-15(10)21(25)26)18(24)27-11(2)17(23)20-14-6-3-12(4-7-14)16(19)22/h3-9,11H,1-2H3,(H2,19,22)(H,20,23)/t11-/m1/s1. The molecule has 0 spiro atoms. The summed E-state index contributed by atoms with van der Waals surface area (Å²) >= 11 is 0. The fourth-order valence-electron chi connectivity index (χ4n) is 2.23. The molecule has 0 unspecified atom stereocenters. The molecule has 3 N–H and O–H groups in total. The number of carbonyl (C=O) groups excluding carboxylic acids is 3. The molecule has 0 aromatic heterocycles. The van der Waals surface area contributed by atoms with Crippen molar-refractivity contribution < 1.29 is 24.0 Å². The van der Waals surface area contributed by atoms with Gasteiger partial charge in [-0.15, -0.1) is 0 Å². The maximum absolute atomic E-state index is 12.1. The number of hydrogen-bond acceptors (Lipinski definition) is 6. The van der Waals surface area contributed by atoms with E-state index in [1.54, 1.807) is 0 Å². The number of nitro groups is 1. The Hall–Kier alpha value is -3.75. The topological polar surface area (TPSA) is 142 Å². The Morgan fingerprint density at radius 1 is 1.11 bits per heavy atom. The second-order valence-corrected chi connectivity index (χ2v) is 5.74. The number of carbonyl (C=O) groups is 3. The lowest BCUT2D eigenvalue weighted by Gasteiger charge is -2.14. The van der Waals surface area contributed by atoms with Crippen LogP contribution in [0.3, 0.4) is 0 Å². The predicted molar refractivity (Wildman–Crippen MR) is 96.3 cm³/mol. The highest BCUT2D eigenvalue weighted by Crippen LogP contribution is 2.19. The number of nitrogens with zero attached hydrogens (tertiary/aromatic N) is 1. The molecule has 2 aromatic rings. The van der Waals surface area contributed by atoms with Gasteiger partial charge in [0.05, 0.1) is 10.5 Å². The number of anilines is 1. The molecule has 9 nitrogen and oxygen atoms in total. The van der Waals surface area contributed by atoms with Gasteiger partial charge in [0.25, 0.3) is 11.6 Å². The van der Waals surface area contributed by atoms with Crippen LogP contribution in [0.4, 0.5) is 11.4 Å². The summed E-state index contributed by atoms with van der Waals surface area (Å²) in [7, 11) is 0. The van der Waals surface area contributed by atoms with Crippen LogP contribution in [-0.4, -0.2) is 28.8 Å². The van der Waals surface area contributed by atoms with Gasteiger partial charge in [0, 0.05) is 22.9 Å². The molecule has 140 valence electrons. The van der Waals surface area contributed by atoms with Crippen molar-refractivity contribution in [1.29, 1.82) is 0 Å². The van der Waals surface area contributed by atoms with Crippen molar-refractivity contribution in [2.45, 2.75) is 20.0 Å². The summed E-state index contributed by atoms with van der Waals surface area (Å²) in [5, 5.41) is 13.4. The molecule has 0 aliphatic carbocycles. The summed E-state index contributed by atoms with van der Waals surface area (Å²) in [5.74, 6) is -1.94. The molecule has 9 heteroatoms. The zero-order valence-corrected chi connectivity index (χ0v) is 14.6. The first kappa shape index (κ1) is 19.6. The molecule has 0 saturated carbocycles. The minimum atomic E-state index is -1.11. The molecule has 1 atom stereocenters. The second kappa shape index (κ2) is 8.09. The van der Waals surface area contributed by atoms with Gasteiger partial charge in [-0.3, -0.25) is 19.7 Å². The maximum Gasteiger partial charge on any atom is 0.338 e. The molecule has 0 aliphatic rings. The van der Waals surface area contributed by atoms with Crippen LogP contribution in [-0.2, 0) is 9.53 Å². The summed E-state index contributed by atoms with van der Waals surface area (Å²) in [4.78, 5) is 45.6. The molecule has 2 aromatic carbocycles. The number of nitrogens with two attached hydrogens (primary N) is 1. The SMILES string of the molecule is Cc1cc(C(=O)O[C@H](C)C(=O)Nc2ccc(C(N)=O)cc2)ccc1[N+](=O)[O-]. The smallest absolute Gasteiger partial charge is 0.338 e. The van der Waals surface area contributed by atoms with E-state index in [0.29, 0.717) is 16.8 Å². The van der Waals surface area contributed by atoms with Crippen LogP contribution in [0.15, 0.2) is 42.5 Å². The van der Waals surface area contributed by atoms with E-state index in [-0.39, 0.29) is 11.3 Å². The Morgan fingerprint density at radius 3 is 2.22 bits per heavy atom. The van der Waals surface area contributed by atoms with E-state index in [1.165, 1.54) is 56.3 Å². The van der Waals surface area contributed by atoms with Gasteiger partial charge in [0.2, 0.25) is 5.91 Å². The van der Waals surface area contributed by atoms with Gasteiger partial charge in [0.1, 0.15) is 0 Å². The highest BCUT2D eigenvalue weighted by molar-refractivity contribution is 5.98. The molecule has 0 radical (unpaired) electrons. The molecular weight excluding hydrogens is 354 g/mol. The Bertz CT molecular complexity index is 908. The number of esters is 1. The number of benzene rings is 2. The third-order valence-corrected chi connectivity index (χ3v) is 3.72. The van der Waals surface area contributed by atoms with Gasteiger partial charge in [-0.1, -0.05) is 0 Å². The van der Waals surface area contributed by atoms with E-state index in [4.69, 9.17) is 10.5 Å². The summed E-state index contributed by atoms with van der Waals surface area (Å²) in [6.45, 7) is 2.89. The van der Waals surface area contributed by atoms with Crippen molar-refractivity contribution in [3.63, 3.8) is 0 Å². The third-order valence-electron chi connectivity index (χ3n) is 3.72. The van der Waals surface area contributed by atoms with Crippen molar-refractivity contribution in [2.75, 3.05) is 5.32 Å². The first-order valence-corrected chi connectivity index (χ1v) is 7.86. The van der Waals surface area contributed by atoms with Gasteiger partial charge in [0.15, 0.2) is 6.10 Å². The molecule has 2 amide bonds. The average molecular weight is 371 g/mol. The minimum absolute atomic E-state index is 0.101. The van der Waals surface area contributed by atoms with Crippen LogP contribution in [0.1, 0.15) is 33.2 Å². The zero-order chi connectivity index (χ0) is 20.1. The summed E-state index contributed by atoms with van der Waals surface area (Å²) < 4.78 is 5.09. The highest BCUT2D eigenvalue weighted by Gasteiger charge is 2.21. The number of primary amides is 1. The van der Waals surface area contributed by atoms with Crippen LogP contribution in [0.2, 0.25) is 0 Å². The number of hydrogen-bond donors (Lipinski definition) is 2. The summed E-state index contributed by atoms with van der Waals surface area (Å²) in [6.07, 6.45) is -1.11. The fourth-order valence-corrected chi connectivity index (χ4v) is 2.23. The van der Waals surface area contributed by atoms with Crippen LogP contribution < -0.4 is 11.1 Å². The first-order valence-electron chi connectivity index (χ1n) is 7.86. The van der Waals surface area contributed by atoms with E-state index in [9.17, 15) is 24.5 Å². The van der Waals surface area contributed by atoms with E-state index in [1.807, 2.05) is 0 Å². The normalized spacial score (nSPS) is 11.3. The Morgan fingerprint density at radius 2 is 1.70 bits per heavy atom. The summed E-state index contributed by atoms with van der Waals surface area (Å²) in [6, 6.07) is 9.69. The van der Waals surface area contributed by atoms with Crippen molar-refractivity contribution >= 4 is 29.2 Å². The summed E-state index contributed by atoms with van der Waals surface area (Å²) in [5.41, 5.74) is 6.13. The van der Waals surface area contributed by atoms with Crippen LogP contribution in [0.25, 0.3) is 0 Å². The minimum Gasteiger partial charge on any atom is -0.449 e. The molecule has 0 bridgehead atoms. The monoisotopic (exact) mass is 371 g/mol. The number of amides is 2. The van der Waals surface area contributed by atoms with Crippen LogP contribution in [0, 0.1) is 17.0 Å². The Labute approximate surface area is 154 Å². The maximum atomic E-state index is 12.1. The van der Waals surface area contributed by atoms with Crippen molar-refractivity contribution in [1.82, 2.24) is 0 Å². The predicted octanol–water partition coefficient (Wildman–Crippen LogP) is 2.19. The van der Waals surface area contributed by atoms with Gasteiger partial charge in [-0.2, -0.15) is 0 Å². The quantitative estimate of drug-likeness (QED) is 0.453. The molecule has 0 saturated heterocycles. The average Bonchev–Trinajstić information content (AvgIpc) is 2.61. The number of ether oxygens (including phenoxy) is 1. The van der Waals surface area contributed by atoms with Crippen molar-refractivity contribution in [2.24, 2.45) is 5.73 Å². The van der Waals surface area contributed by atoms with Gasteiger partial charge < -0.3 is 15.8 Å². The van der Waals surface area contributed by atoms with Crippen molar-refractivity contribution in [3.8, 4) is 0 Å². The molecule has 0 heterocycles. The Kier molecular flexibility index (Phi) is 5.86. The number of nitro benzene ring substituents is 1. The van der Waals surface area contributed by atoms with E-state index in [0.717, 1.165) is 0 Å². The lowest BCUT2D eigenvalue weighted by atomic mass is 10.1. The zero-order valence-electron chi connectivity index (χ0n) is 14.6. The largest absolute Gasteiger partial charge is 0.449 e. The van der Waals surface area contributed by atoms with Gasteiger partial charge in [-0.05, 0) is 50.2 Å². The van der Waals surface area contributed by atoms with E-state index >= 15 is 0 Å². The lowest BCUT2D eigenvalue weighted by Crippen LogP contribution is -2.30. The van der Waals surface area contributed by atoms with Gasteiger partial charge in [-0.25, -0.2) is 4.79 Å². The number of rotatable bonds is 6. The molecule has 0 aliphatic heterocycles. The third kappa shape index (κ3) is 4.88. The molecule has 0 fully saturated rings. The highest BCUT2D eigenvalue weighted by atomic mass is 16.6. The number of aryl methyl sites for hydroxylation is 1. The number of nitrogens with one attached hydrogen (secondary N) is 1. The first-order chi connectivity index (χ1) is 12.7. The van der Waals surface area contributed by atoms with Crippen LogP contribution in [0.5, 0.6) is 0 Å². The van der Waals surface area contributed by atoms with Crippen LogP contribution >= 0.6 is 0 Å². The molecule has 27 heavy (non-hydrogen) atoms. The molecular formula is C18H17N3O6.